The minimum absolute atomic E-state index is 0.751. The van der Waals surface area contributed by atoms with Crippen molar-refractivity contribution in [2.45, 2.75) is 58.8 Å². The number of hydrogen-bond donors (Lipinski definition) is 0. The Morgan fingerprint density at radius 3 is 2.38 bits per heavy atom. The van der Waals surface area contributed by atoms with Gasteiger partial charge in [-0.1, -0.05) is 49.9 Å². The van der Waals surface area contributed by atoms with Gasteiger partial charge in [0.2, 0.25) is 0 Å². The molecule has 0 heterocycles. The van der Waals surface area contributed by atoms with Crippen LogP contribution in [0.5, 0.6) is 0 Å². The first-order valence-electron chi connectivity index (χ1n) is 6.75. The molecule has 0 bridgehead atoms. The highest BCUT2D eigenvalue weighted by Gasteiger charge is 2.22. The van der Waals surface area contributed by atoms with Crippen molar-refractivity contribution in [3.8, 4) is 0 Å². The Kier molecular flexibility index (Phi) is 3.68. The molecule has 1 atom stereocenters. The Morgan fingerprint density at radius 2 is 1.75 bits per heavy atom. The van der Waals surface area contributed by atoms with Crippen molar-refractivity contribution in [3.63, 3.8) is 0 Å². The monoisotopic (exact) mass is 216 g/mol. The van der Waals surface area contributed by atoms with Crippen molar-refractivity contribution in [1.82, 2.24) is 0 Å². The number of hydrogen-bond acceptors (Lipinski definition) is 0. The second-order valence-corrected chi connectivity index (χ2v) is 5.55. The molecular formula is C16H24. The van der Waals surface area contributed by atoms with E-state index in [1.165, 1.54) is 43.2 Å². The Labute approximate surface area is 100 Å². The van der Waals surface area contributed by atoms with Crippen molar-refractivity contribution < 1.29 is 0 Å². The summed E-state index contributed by atoms with van der Waals surface area (Å²) in [5.74, 6) is 1.68. The molecule has 16 heavy (non-hydrogen) atoms. The van der Waals surface area contributed by atoms with Crippen LogP contribution in [-0.4, -0.2) is 0 Å². The SMILES string of the molecule is Cc1ccc([C@H](C)C2CCCCC2)c(C)c1. The third-order valence-electron chi connectivity index (χ3n) is 4.27. The van der Waals surface area contributed by atoms with Gasteiger partial charge in [0, 0.05) is 0 Å². The average Bonchev–Trinajstić information content (AvgIpc) is 2.29. The van der Waals surface area contributed by atoms with Gasteiger partial charge in [0.15, 0.2) is 0 Å². The van der Waals surface area contributed by atoms with E-state index in [4.69, 9.17) is 0 Å². The first kappa shape index (κ1) is 11.7. The molecule has 0 heteroatoms. The maximum atomic E-state index is 2.42. The number of aryl methyl sites for hydroxylation is 2. The molecule has 0 N–H and O–H groups in total. The van der Waals surface area contributed by atoms with Crippen LogP contribution in [0.15, 0.2) is 18.2 Å². The van der Waals surface area contributed by atoms with E-state index in [9.17, 15) is 0 Å². The topological polar surface area (TPSA) is 0 Å². The number of benzene rings is 1. The normalized spacial score (nSPS) is 19.7. The summed E-state index contributed by atoms with van der Waals surface area (Å²) in [4.78, 5) is 0. The molecule has 1 aromatic rings. The van der Waals surface area contributed by atoms with Crippen LogP contribution in [0.4, 0.5) is 0 Å². The lowest BCUT2D eigenvalue weighted by atomic mass is 9.76. The van der Waals surface area contributed by atoms with Gasteiger partial charge < -0.3 is 0 Å². The zero-order chi connectivity index (χ0) is 11.5. The Hall–Kier alpha value is -0.780. The van der Waals surface area contributed by atoms with Crippen LogP contribution >= 0.6 is 0 Å². The maximum absolute atomic E-state index is 2.42. The fourth-order valence-corrected chi connectivity index (χ4v) is 3.22. The molecule has 1 saturated carbocycles. The standard InChI is InChI=1S/C16H24/c1-12-9-10-16(13(2)11-12)14(3)15-7-5-4-6-8-15/h9-11,14-15H,4-8H2,1-3H3/t14-/m1/s1. The van der Waals surface area contributed by atoms with E-state index in [-0.39, 0.29) is 0 Å². The van der Waals surface area contributed by atoms with Crippen LogP contribution in [0.1, 0.15) is 61.6 Å². The van der Waals surface area contributed by atoms with E-state index in [0.29, 0.717) is 0 Å². The lowest BCUT2D eigenvalue weighted by Gasteiger charge is -2.29. The summed E-state index contributed by atoms with van der Waals surface area (Å²) in [5, 5.41) is 0. The minimum atomic E-state index is 0.751. The van der Waals surface area contributed by atoms with Crippen molar-refractivity contribution in [2.24, 2.45) is 5.92 Å². The molecule has 0 nitrogen and oxygen atoms in total. The molecule has 88 valence electrons. The average molecular weight is 216 g/mol. The predicted octanol–water partition coefficient (Wildman–Crippen LogP) is 4.99. The highest BCUT2D eigenvalue weighted by atomic mass is 14.3. The lowest BCUT2D eigenvalue weighted by molar-refractivity contribution is 0.315. The predicted molar refractivity (Wildman–Crippen MR) is 70.9 cm³/mol. The first-order chi connectivity index (χ1) is 7.68. The second kappa shape index (κ2) is 5.03. The maximum Gasteiger partial charge on any atom is -0.0159 e. The summed E-state index contributed by atoms with van der Waals surface area (Å²) in [6.45, 7) is 6.87. The summed E-state index contributed by atoms with van der Waals surface area (Å²) in [7, 11) is 0. The first-order valence-corrected chi connectivity index (χ1v) is 6.75. The summed E-state index contributed by atoms with van der Waals surface area (Å²) >= 11 is 0. The molecule has 0 unspecified atom stereocenters. The Morgan fingerprint density at radius 1 is 1.06 bits per heavy atom. The van der Waals surface area contributed by atoms with Crippen LogP contribution in [0.3, 0.4) is 0 Å². The van der Waals surface area contributed by atoms with Gasteiger partial charge in [0.05, 0.1) is 0 Å². The molecule has 0 radical (unpaired) electrons. The van der Waals surface area contributed by atoms with Crippen molar-refractivity contribution in [3.05, 3.63) is 34.9 Å². The fourth-order valence-electron chi connectivity index (χ4n) is 3.22. The zero-order valence-corrected chi connectivity index (χ0v) is 10.9. The van der Waals surface area contributed by atoms with Gasteiger partial charge in [-0.25, -0.2) is 0 Å². The highest BCUT2D eigenvalue weighted by Crippen LogP contribution is 2.36. The second-order valence-electron chi connectivity index (χ2n) is 5.55. The lowest BCUT2D eigenvalue weighted by Crippen LogP contribution is -2.14. The van der Waals surface area contributed by atoms with Crippen molar-refractivity contribution in [2.75, 3.05) is 0 Å². The van der Waals surface area contributed by atoms with Gasteiger partial charge in [-0.15, -0.1) is 0 Å². The summed E-state index contributed by atoms with van der Waals surface area (Å²) in [5.41, 5.74) is 4.45. The summed E-state index contributed by atoms with van der Waals surface area (Å²) in [6.07, 6.45) is 7.22. The summed E-state index contributed by atoms with van der Waals surface area (Å²) < 4.78 is 0. The minimum Gasteiger partial charge on any atom is -0.0590 e. The van der Waals surface area contributed by atoms with Gasteiger partial charge >= 0.3 is 0 Å². The van der Waals surface area contributed by atoms with Crippen LogP contribution in [0, 0.1) is 19.8 Å². The van der Waals surface area contributed by atoms with Crippen LogP contribution < -0.4 is 0 Å². The fraction of sp³-hybridized carbons (Fsp3) is 0.625. The largest absolute Gasteiger partial charge is 0.0590 e. The molecule has 1 fully saturated rings. The quantitative estimate of drug-likeness (QED) is 0.653. The van der Waals surface area contributed by atoms with E-state index in [2.05, 4.69) is 39.0 Å². The van der Waals surface area contributed by atoms with Crippen molar-refractivity contribution in [1.29, 1.82) is 0 Å². The summed E-state index contributed by atoms with van der Waals surface area (Å²) in [6, 6.07) is 6.94. The molecule has 0 spiro atoms. The van der Waals surface area contributed by atoms with Gasteiger partial charge in [0.25, 0.3) is 0 Å². The third-order valence-corrected chi connectivity index (χ3v) is 4.27. The van der Waals surface area contributed by atoms with E-state index < -0.39 is 0 Å². The Balaban J connectivity index is 2.15. The van der Waals surface area contributed by atoms with Crippen LogP contribution in [0.25, 0.3) is 0 Å². The Bertz CT molecular complexity index is 345. The third kappa shape index (κ3) is 2.48. The van der Waals surface area contributed by atoms with E-state index >= 15 is 0 Å². The molecule has 0 aromatic heterocycles. The van der Waals surface area contributed by atoms with Gasteiger partial charge in [-0.3, -0.25) is 0 Å². The molecule has 0 amide bonds. The molecule has 0 saturated heterocycles. The van der Waals surface area contributed by atoms with E-state index in [1.54, 1.807) is 5.56 Å². The molecule has 1 aliphatic carbocycles. The molecule has 1 aliphatic rings. The zero-order valence-electron chi connectivity index (χ0n) is 10.9. The molecule has 2 rings (SSSR count). The van der Waals surface area contributed by atoms with E-state index in [0.717, 1.165) is 11.8 Å². The van der Waals surface area contributed by atoms with Gasteiger partial charge in [-0.2, -0.15) is 0 Å². The van der Waals surface area contributed by atoms with Crippen LogP contribution in [0.2, 0.25) is 0 Å². The molecule has 1 aromatic carbocycles. The van der Waals surface area contributed by atoms with Gasteiger partial charge in [0.1, 0.15) is 0 Å². The highest BCUT2D eigenvalue weighted by molar-refractivity contribution is 5.33. The van der Waals surface area contributed by atoms with Gasteiger partial charge in [-0.05, 0) is 49.7 Å². The number of rotatable bonds is 2. The smallest absolute Gasteiger partial charge is 0.0159 e. The van der Waals surface area contributed by atoms with Crippen molar-refractivity contribution >= 4 is 0 Å². The molecular weight excluding hydrogens is 192 g/mol. The van der Waals surface area contributed by atoms with Crippen LogP contribution in [-0.2, 0) is 0 Å². The molecule has 0 aliphatic heterocycles. The van der Waals surface area contributed by atoms with E-state index in [1.807, 2.05) is 0 Å².